The molecule has 1 aromatic heterocycles. The van der Waals surface area contributed by atoms with Gasteiger partial charge in [0.05, 0.1) is 6.10 Å². The van der Waals surface area contributed by atoms with Crippen LogP contribution in [0.2, 0.25) is 0 Å². The number of aromatic nitrogens is 2. The Bertz CT molecular complexity index is 259. The van der Waals surface area contributed by atoms with Gasteiger partial charge in [0.1, 0.15) is 0 Å². The van der Waals surface area contributed by atoms with Crippen molar-refractivity contribution < 1.29 is 17.9 Å². The third-order valence-corrected chi connectivity index (χ3v) is 2.12. The van der Waals surface area contributed by atoms with Crippen LogP contribution in [0.15, 0.2) is 10.8 Å². The minimum atomic E-state index is -2.69. The van der Waals surface area contributed by atoms with E-state index >= 15 is 0 Å². The van der Waals surface area contributed by atoms with Crippen molar-refractivity contribution in [1.29, 1.82) is 0 Å². The molecule has 0 N–H and O–H groups in total. The fraction of sp³-hybridized carbons (Fsp3) is 0.714. The van der Waals surface area contributed by atoms with Gasteiger partial charge in [-0.15, -0.1) is 10.2 Å². The maximum Gasteiger partial charge on any atom is 0.345 e. The number of hydrogen-bond donors (Lipinski definition) is 0. The Balaban J connectivity index is 1.79. The summed E-state index contributed by atoms with van der Waals surface area (Å²) in [4.78, 5) is 0. The molecule has 2 rings (SSSR count). The second kappa shape index (κ2) is 3.37. The van der Waals surface area contributed by atoms with Gasteiger partial charge in [0.25, 0.3) is 0 Å². The molecule has 0 saturated heterocycles. The van der Waals surface area contributed by atoms with Crippen molar-refractivity contribution in [3.63, 3.8) is 0 Å². The first-order chi connectivity index (χ1) is 6.25. The fourth-order valence-electron chi connectivity index (χ4n) is 1.38. The highest BCUT2D eigenvalue weighted by molar-refractivity contribution is 4.98. The van der Waals surface area contributed by atoms with Crippen LogP contribution in [0.5, 0.6) is 0 Å². The summed E-state index contributed by atoms with van der Waals surface area (Å²) in [5.74, 6) is 0.598. The summed E-state index contributed by atoms with van der Waals surface area (Å²) in [6.45, 7) is -2.69. The topological polar surface area (TPSA) is 48.2 Å². The molecule has 0 amide bonds. The molecule has 0 aliphatic heterocycles. The molecule has 1 aliphatic rings. The first kappa shape index (κ1) is 8.55. The lowest BCUT2D eigenvalue weighted by atomic mass is 9.82. The largest absolute Gasteiger partial charge is 0.428 e. The molecule has 0 radical (unpaired) electrons. The molecule has 0 aromatic carbocycles. The van der Waals surface area contributed by atoms with Gasteiger partial charge in [-0.1, -0.05) is 0 Å². The number of halogens is 2. The van der Waals surface area contributed by atoms with Crippen molar-refractivity contribution in [1.82, 2.24) is 10.2 Å². The van der Waals surface area contributed by atoms with Gasteiger partial charge >= 0.3 is 6.61 Å². The molecule has 13 heavy (non-hydrogen) atoms. The van der Waals surface area contributed by atoms with Gasteiger partial charge in [0.2, 0.25) is 12.3 Å². The maximum atomic E-state index is 11.7. The standard InChI is InChI=1S/C7H8F2N2O2/c8-7(9)13-5-1-4(2-5)6-11-10-3-12-6/h3-5,7H,1-2H2. The molecule has 1 aromatic rings. The van der Waals surface area contributed by atoms with Crippen LogP contribution in [-0.2, 0) is 4.74 Å². The van der Waals surface area contributed by atoms with Crippen LogP contribution in [0, 0.1) is 0 Å². The van der Waals surface area contributed by atoms with Crippen LogP contribution in [0.25, 0.3) is 0 Å². The molecule has 1 heterocycles. The Kier molecular flexibility index (Phi) is 2.22. The van der Waals surface area contributed by atoms with E-state index in [1.807, 2.05) is 0 Å². The van der Waals surface area contributed by atoms with Crippen molar-refractivity contribution in [2.24, 2.45) is 0 Å². The van der Waals surface area contributed by atoms with Crippen LogP contribution in [-0.4, -0.2) is 22.9 Å². The number of ether oxygens (including phenoxy) is 1. The number of rotatable bonds is 3. The van der Waals surface area contributed by atoms with Crippen LogP contribution in [0.1, 0.15) is 24.7 Å². The third kappa shape index (κ3) is 1.82. The number of nitrogens with zero attached hydrogens (tertiary/aromatic N) is 2. The predicted octanol–water partition coefficient (Wildman–Crippen LogP) is 1.55. The Morgan fingerprint density at radius 1 is 1.54 bits per heavy atom. The number of alkyl halides is 2. The second-order valence-electron chi connectivity index (χ2n) is 2.96. The molecule has 1 saturated carbocycles. The summed E-state index contributed by atoms with van der Waals surface area (Å²) in [5.41, 5.74) is 0. The van der Waals surface area contributed by atoms with Gasteiger partial charge in [0, 0.05) is 5.92 Å². The van der Waals surface area contributed by atoms with E-state index in [2.05, 4.69) is 14.9 Å². The zero-order valence-electron chi connectivity index (χ0n) is 6.69. The van der Waals surface area contributed by atoms with Crippen LogP contribution in [0.4, 0.5) is 8.78 Å². The van der Waals surface area contributed by atoms with Crippen molar-refractivity contribution in [3.05, 3.63) is 12.3 Å². The molecular formula is C7H8F2N2O2. The molecule has 6 heteroatoms. The highest BCUT2D eigenvalue weighted by Crippen LogP contribution is 2.38. The molecular weight excluding hydrogens is 182 g/mol. The van der Waals surface area contributed by atoms with Crippen molar-refractivity contribution >= 4 is 0 Å². The Morgan fingerprint density at radius 3 is 2.85 bits per heavy atom. The number of hydrogen-bond acceptors (Lipinski definition) is 4. The molecule has 0 atom stereocenters. The van der Waals surface area contributed by atoms with Crippen molar-refractivity contribution in [2.45, 2.75) is 31.5 Å². The van der Waals surface area contributed by atoms with E-state index in [-0.39, 0.29) is 12.0 Å². The van der Waals surface area contributed by atoms with E-state index in [9.17, 15) is 8.78 Å². The predicted molar refractivity (Wildman–Crippen MR) is 37.1 cm³/mol. The lowest BCUT2D eigenvalue weighted by Gasteiger charge is -2.31. The molecule has 0 unspecified atom stereocenters. The van der Waals surface area contributed by atoms with E-state index in [0.29, 0.717) is 18.7 Å². The first-order valence-corrected chi connectivity index (χ1v) is 3.95. The summed E-state index contributed by atoms with van der Waals surface area (Å²) in [7, 11) is 0. The molecule has 0 spiro atoms. The fourth-order valence-corrected chi connectivity index (χ4v) is 1.38. The van der Waals surface area contributed by atoms with Crippen molar-refractivity contribution in [3.8, 4) is 0 Å². The van der Waals surface area contributed by atoms with E-state index in [1.54, 1.807) is 0 Å². The van der Waals surface area contributed by atoms with Gasteiger partial charge in [-0.25, -0.2) is 0 Å². The van der Waals surface area contributed by atoms with Crippen LogP contribution < -0.4 is 0 Å². The quantitative estimate of drug-likeness (QED) is 0.725. The first-order valence-electron chi connectivity index (χ1n) is 3.95. The normalized spacial score (nSPS) is 27.6. The van der Waals surface area contributed by atoms with Crippen LogP contribution in [0.3, 0.4) is 0 Å². The lowest BCUT2D eigenvalue weighted by molar-refractivity contribution is -0.185. The van der Waals surface area contributed by atoms with Gasteiger partial charge < -0.3 is 9.15 Å². The summed E-state index contributed by atoms with van der Waals surface area (Å²) >= 11 is 0. The molecule has 0 bridgehead atoms. The smallest absolute Gasteiger partial charge is 0.345 e. The zero-order valence-corrected chi connectivity index (χ0v) is 6.69. The van der Waals surface area contributed by atoms with E-state index in [4.69, 9.17) is 4.42 Å². The Hall–Kier alpha value is -1.04. The highest BCUT2D eigenvalue weighted by Gasteiger charge is 2.35. The second-order valence-corrected chi connectivity index (χ2v) is 2.96. The summed E-state index contributed by atoms with van der Waals surface area (Å²) in [5, 5.41) is 7.20. The average Bonchev–Trinajstić information content (AvgIpc) is 2.46. The maximum absolute atomic E-state index is 11.7. The van der Waals surface area contributed by atoms with E-state index in [1.165, 1.54) is 6.39 Å². The Labute approximate surface area is 72.9 Å². The zero-order chi connectivity index (χ0) is 9.26. The summed E-state index contributed by atoms with van der Waals surface area (Å²) in [6, 6.07) is 0. The molecule has 1 aliphatic carbocycles. The monoisotopic (exact) mass is 190 g/mol. The summed E-state index contributed by atoms with van der Waals surface area (Å²) < 4.78 is 32.6. The SMILES string of the molecule is FC(F)OC1CC(c2nnco2)C1. The van der Waals surface area contributed by atoms with E-state index in [0.717, 1.165) is 0 Å². The highest BCUT2D eigenvalue weighted by atomic mass is 19.3. The average molecular weight is 190 g/mol. The Morgan fingerprint density at radius 2 is 2.31 bits per heavy atom. The summed E-state index contributed by atoms with van der Waals surface area (Å²) in [6.07, 6.45) is 1.94. The van der Waals surface area contributed by atoms with Gasteiger partial charge in [-0.3, -0.25) is 0 Å². The lowest BCUT2D eigenvalue weighted by Crippen LogP contribution is -2.31. The third-order valence-electron chi connectivity index (χ3n) is 2.12. The van der Waals surface area contributed by atoms with Crippen molar-refractivity contribution in [2.75, 3.05) is 0 Å². The van der Waals surface area contributed by atoms with Gasteiger partial charge in [0.15, 0.2) is 0 Å². The molecule has 4 nitrogen and oxygen atoms in total. The van der Waals surface area contributed by atoms with E-state index < -0.39 is 6.61 Å². The minimum absolute atomic E-state index is 0.0891. The van der Waals surface area contributed by atoms with Gasteiger partial charge in [-0.05, 0) is 12.8 Å². The molecule has 72 valence electrons. The van der Waals surface area contributed by atoms with Crippen LogP contribution >= 0.6 is 0 Å². The van der Waals surface area contributed by atoms with Gasteiger partial charge in [-0.2, -0.15) is 8.78 Å². The minimum Gasteiger partial charge on any atom is -0.428 e. The molecule has 1 fully saturated rings.